The van der Waals surface area contributed by atoms with Gasteiger partial charge in [0.25, 0.3) is 0 Å². The normalized spacial score (nSPS) is 21.3. The van der Waals surface area contributed by atoms with Crippen molar-refractivity contribution in [1.29, 1.82) is 0 Å². The lowest BCUT2D eigenvalue weighted by molar-refractivity contribution is 0.00360. The predicted octanol–water partition coefficient (Wildman–Crippen LogP) is 1.53. The van der Waals surface area contributed by atoms with Gasteiger partial charge in [-0.15, -0.1) is 0 Å². The first kappa shape index (κ1) is 11.6. The summed E-state index contributed by atoms with van der Waals surface area (Å²) in [6, 6.07) is 0. The molecule has 1 atom stereocenters. The van der Waals surface area contributed by atoms with Gasteiger partial charge in [0.2, 0.25) is 0 Å². The molecule has 0 saturated carbocycles. The van der Waals surface area contributed by atoms with Gasteiger partial charge in [-0.05, 0) is 33.1 Å². The van der Waals surface area contributed by atoms with Gasteiger partial charge in [-0.25, -0.2) is 0 Å². The molecule has 1 aliphatic heterocycles. The van der Waals surface area contributed by atoms with Crippen LogP contribution in [0.1, 0.15) is 36.2 Å². The second-order valence-electron chi connectivity index (χ2n) is 4.52. The Labute approximate surface area is 96.8 Å². The van der Waals surface area contributed by atoms with Crippen molar-refractivity contribution in [3.63, 3.8) is 0 Å². The molecule has 0 aliphatic carbocycles. The van der Waals surface area contributed by atoms with E-state index in [1.54, 1.807) is 0 Å². The maximum atomic E-state index is 5.73. The summed E-state index contributed by atoms with van der Waals surface area (Å²) in [7, 11) is 0. The first-order chi connectivity index (χ1) is 7.72. The molecule has 0 aromatic carbocycles. The SMILES string of the molecule is Cc1nn(CC2CCCCO2)c(C)c1CN. The van der Waals surface area contributed by atoms with Gasteiger partial charge in [0.05, 0.1) is 18.3 Å². The van der Waals surface area contributed by atoms with Crippen LogP contribution >= 0.6 is 0 Å². The fourth-order valence-corrected chi connectivity index (χ4v) is 2.35. The summed E-state index contributed by atoms with van der Waals surface area (Å²) in [5, 5.41) is 4.53. The summed E-state index contributed by atoms with van der Waals surface area (Å²) in [5.74, 6) is 0. The standard InChI is InChI=1S/C12H21N3O/c1-9-12(7-13)10(2)15(14-9)8-11-5-3-4-6-16-11/h11H,3-8,13H2,1-2H3. The topological polar surface area (TPSA) is 53.1 Å². The summed E-state index contributed by atoms with van der Waals surface area (Å²) in [6.45, 7) is 6.45. The molecule has 2 heterocycles. The minimum atomic E-state index is 0.331. The Bertz CT molecular complexity index is 353. The maximum absolute atomic E-state index is 5.73. The lowest BCUT2D eigenvalue weighted by Crippen LogP contribution is -2.25. The molecule has 90 valence electrons. The third-order valence-electron chi connectivity index (χ3n) is 3.39. The zero-order chi connectivity index (χ0) is 11.5. The molecule has 1 aromatic heterocycles. The van der Waals surface area contributed by atoms with Crippen LogP contribution in [-0.4, -0.2) is 22.5 Å². The van der Waals surface area contributed by atoms with Crippen molar-refractivity contribution < 1.29 is 4.74 Å². The number of nitrogens with zero attached hydrogens (tertiary/aromatic N) is 2. The van der Waals surface area contributed by atoms with E-state index in [0.29, 0.717) is 12.6 Å². The highest BCUT2D eigenvalue weighted by molar-refractivity contribution is 5.24. The maximum Gasteiger partial charge on any atom is 0.0771 e. The van der Waals surface area contributed by atoms with Crippen molar-refractivity contribution >= 4 is 0 Å². The van der Waals surface area contributed by atoms with Gasteiger partial charge in [0.15, 0.2) is 0 Å². The number of aromatic nitrogens is 2. The average Bonchev–Trinajstić information content (AvgIpc) is 2.55. The third-order valence-corrected chi connectivity index (χ3v) is 3.39. The highest BCUT2D eigenvalue weighted by atomic mass is 16.5. The van der Waals surface area contributed by atoms with Crippen LogP contribution in [0, 0.1) is 13.8 Å². The smallest absolute Gasteiger partial charge is 0.0771 e. The van der Waals surface area contributed by atoms with Crippen LogP contribution < -0.4 is 5.73 Å². The zero-order valence-electron chi connectivity index (χ0n) is 10.2. The highest BCUT2D eigenvalue weighted by Gasteiger charge is 2.17. The third kappa shape index (κ3) is 2.28. The molecule has 4 nitrogen and oxygen atoms in total. The number of aryl methyl sites for hydroxylation is 1. The molecule has 1 saturated heterocycles. The Morgan fingerprint density at radius 3 is 2.81 bits per heavy atom. The van der Waals surface area contributed by atoms with Crippen molar-refractivity contribution in [3.05, 3.63) is 17.0 Å². The van der Waals surface area contributed by atoms with E-state index in [4.69, 9.17) is 10.5 Å². The lowest BCUT2D eigenvalue weighted by atomic mass is 10.1. The molecule has 0 radical (unpaired) electrons. The van der Waals surface area contributed by atoms with Crippen LogP contribution in [0.15, 0.2) is 0 Å². The molecule has 1 fully saturated rings. The van der Waals surface area contributed by atoms with Gasteiger partial charge in [-0.2, -0.15) is 5.10 Å². The van der Waals surface area contributed by atoms with Crippen LogP contribution in [0.4, 0.5) is 0 Å². The van der Waals surface area contributed by atoms with E-state index in [9.17, 15) is 0 Å². The summed E-state index contributed by atoms with van der Waals surface area (Å²) >= 11 is 0. The van der Waals surface area contributed by atoms with Gasteiger partial charge in [0.1, 0.15) is 0 Å². The Morgan fingerprint density at radius 1 is 1.44 bits per heavy atom. The number of rotatable bonds is 3. The zero-order valence-corrected chi connectivity index (χ0v) is 10.2. The van der Waals surface area contributed by atoms with E-state index in [1.165, 1.54) is 24.1 Å². The first-order valence-corrected chi connectivity index (χ1v) is 6.07. The van der Waals surface area contributed by atoms with Gasteiger partial charge in [0, 0.05) is 24.4 Å². The fraction of sp³-hybridized carbons (Fsp3) is 0.750. The van der Waals surface area contributed by atoms with Crippen molar-refractivity contribution in [3.8, 4) is 0 Å². The summed E-state index contributed by atoms with van der Waals surface area (Å²) in [5.41, 5.74) is 9.13. The molecule has 0 amide bonds. The van der Waals surface area contributed by atoms with E-state index in [0.717, 1.165) is 25.3 Å². The van der Waals surface area contributed by atoms with Crippen molar-refractivity contribution in [2.24, 2.45) is 5.73 Å². The summed E-state index contributed by atoms with van der Waals surface area (Å²) < 4.78 is 7.78. The van der Waals surface area contributed by atoms with Crippen LogP contribution in [0.3, 0.4) is 0 Å². The monoisotopic (exact) mass is 223 g/mol. The second kappa shape index (κ2) is 4.97. The second-order valence-corrected chi connectivity index (χ2v) is 4.52. The van der Waals surface area contributed by atoms with Crippen LogP contribution in [0.25, 0.3) is 0 Å². The molecular formula is C12H21N3O. The molecule has 16 heavy (non-hydrogen) atoms. The van der Waals surface area contributed by atoms with E-state index in [2.05, 4.69) is 12.0 Å². The summed E-state index contributed by atoms with van der Waals surface area (Å²) in [6.07, 6.45) is 3.95. The van der Waals surface area contributed by atoms with Gasteiger partial charge >= 0.3 is 0 Å². The number of nitrogens with two attached hydrogens (primary N) is 1. The Hall–Kier alpha value is -0.870. The molecule has 2 N–H and O–H groups in total. The quantitative estimate of drug-likeness (QED) is 0.845. The van der Waals surface area contributed by atoms with Crippen LogP contribution in [0.5, 0.6) is 0 Å². The number of hydrogen-bond donors (Lipinski definition) is 1. The molecule has 0 spiro atoms. The number of hydrogen-bond acceptors (Lipinski definition) is 3. The minimum Gasteiger partial charge on any atom is -0.376 e. The minimum absolute atomic E-state index is 0.331. The first-order valence-electron chi connectivity index (χ1n) is 6.07. The van der Waals surface area contributed by atoms with E-state index in [-0.39, 0.29) is 0 Å². The highest BCUT2D eigenvalue weighted by Crippen LogP contribution is 2.17. The largest absolute Gasteiger partial charge is 0.376 e. The van der Waals surface area contributed by atoms with E-state index >= 15 is 0 Å². The average molecular weight is 223 g/mol. The van der Waals surface area contributed by atoms with Crippen LogP contribution in [0.2, 0.25) is 0 Å². The molecule has 2 rings (SSSR count). The van der Waals surface area contributed by atoms with Crippen LogP contribution in [-0.2, 0) is 17.8 Å². The van der Waals surface area contributed by atoms with Gasteiger partial charge in [-0.1, -0.05) is 0 Å². The Kier molecular flexibility index (Phi) is 3.61. The Balaban J connectivity index is 2.08. The van der Waals surface area contributed by atoms with E-state index < -0.39 is 0 Å². The van der Waals surface area contributed by atoms with E-state index in [1.807, 2.05) is 11.6 Å². The fourth-order valence-electron chi connectivity index (χ4n) is 2.35. The van der Waals surface area contributed by atoms with Crippen molar-refractivity contribution in [2.45, 2.75) is 52.3 Å². The summed E-state index contributed by atoms with van der Waals surface area (Å²) in [4.78, 5) is 0. The molecule has 1 aromatic rings. The predicted molar refractivity (Wildman–Crippen MR) is 63.2 cm³/mol. The number of ether oxygens (including phenoxy) is 1. The molecule has 1 aliphatic rings. The molecular weight excluding hydrogens is 202 g/mol. The lowest BCUT2D eigenvalue weighted by Gasteiger charge is -2.22. The molecule has 1 unspecified atom stereocenters. The molecule has 0 bridgehead atoms. The van der Waals surface area contributed by atoms with Crippen molar-refractivity contribution in [1.82, 2.24) is 9.78 Å². The van der Waals surface area contributed by atoms with Crippen molar-refractivity contribution in [2.75, 3.05) is 6.61 Å². The Morgan fingerprint density at radius 2 is 2.25 bits per heavy atom. The van der Waals surface area contributed by atoms with Gasteiger partial charge in [-0.3, -0.25) is 4.68 Å². The van der Waals surface area contributed by atoms with Gasteiger partial charge < -0.3 is 10.5 Å². The molecule has 4 heteroatoms.